The molecule has 16 heteroatoms. The maximum absolute atomic E-state index is 13.3. The Bertz CT molecular complexity index is 1900. The maximum Gasteiger partial charge on any atom is 0.345 e. The summed E-state index contributed by atoms with van der Waals surface area (Å²) >= 11 is 11.8. The van der Waals surface area contributed by atoms with Gasteiger partial charge in [-0.15, -0.1) is 0 Å². The number of halogens is 6. The molecule has 0 fully saturated rings. The van der Waals surface area contributed by atoms with Crippen molar-refractivity contribution in [1.82, 2.24) is 0 Å². The molecule has 0 aromatic heterocycles. The van der Waals surface area contributed by atoms with E-state index in [9.17, 15) is 27.4 Å². The lowest BCUT2D eigenvalue weighted by Crippen LogP contribution is -2.16. The summed E-state index contributed by atoms with van der Waals surface area (Å²) in [6.45, 7) is 1.58. The van der Waals surface area contributed by atoms with Gasteiger partial charge in [0.25, 0.3) is 10.1 Å². The van der Waals surface area contributed by atoms with Crippen LogP contribution in [0.5, 0.6) is 17.2 Å². The number of rotatable bonds is 7. The van der Waals surface area contributed by atoms with Crippen LogP contribution in [0.1, 0.15) is 36.6 Å². The Morgan fingerprint density at radius 3 is 1.59 bits per heavy atom. The number of benzene rings is 4. The van der Waals surface area contributed by atoms with Crippen LogP contribution in [-0.4, -0.2) is 30.9 Å². The van der Waals surface area contributed by atoms with Crippen molar-refractivity contribution in [2.24, 2.45) is 0 Å². The average molecular weight is 1290 g/mol. The summed E-state index contributed by atoms with van der Waals surface area (Å²) < 4.78 is 53.4. The fraction of sp³-hybridized carbons (Fsp3) is 0.0357. The molecule has 0 amide bonds. The van der Waals surface area contributed by atoms with E-state index >= 15 is 0 Å². The van der Waals surface area contributed by atoms with E-state index in [1.165, 1.54) is 24.3 Å². The monoisotopic (exact) mass is 1290 g/mol. The third kappa shape index (κ3) is 8.93. The van der Waals surface area contributed by atoms with E-state index in [0.717, 1.165) is 7.14 Å². The van der Waals surface area contributed by atoms with E-state index in [1.54, 1.807) is 76.4 Å². The molecule has 9 nitrogen and oxygen atoms in total. The van der Waals surface area contributed by atoms with Crippen LogP contribution in [0.25, 0.3) is 0 Å². The molecule has 0 unspecified atom stereocenters. The zero-order valence-electron chi connectivity index (χ0n) is 21.7. The lowest BCUT2D eigenvalue weighted by molar-refractivity contribution is 0.0703. The number of ether oxygens (including phenoxy) is 3. The summed E-state index contributed by atoms with van der Waals surface area (Å²) in [5.74, 6) is -2.36. The van der Waals surface area contributed by atoms with E-state index in [2.05, 4.69) is 45.2 Å². The molecule has 0 saturated heterocycles. The highest BCUT2D eigenvalue weighted by molar-refractivity contribution is 14.1. The van der Waals surface area contributed by atoms with Crippen molar-refractivity contribution in [3.05, 3.63) is 104 Å². The van der Waals surface area contributed by atoms with E-state index in [0.29, 0.717) is 12.7 Å². The van der Waals surface area contributed by atoms with Crippen LogP contribution in [0.2, 0.25) is 0 Å². The van der Waals surface area contributed by atoms with Gasteiger partial charge in [0.2, 0.25) is 0 Å². The van der Waals surface area contributed by atoms with Gasteiger partial charge in [-0.25, -0.2) is 14.4 Å². The van der Waals surface area contributed by atoms with Gasteiger partial charge in [-0.2, -0.15) is 8.42 Å². The van der Waals surface area contributed by atoms with Crippen LogP contribution in [-0.2, 0) is 10.1 Å². The Labute approximate surface area is 333 Å². The normalized spacial score (nSPS) is 11.2. The second-order valence-electron chi connectivity index (χ2n) is 8.71. The smallest absolute Gasteiger partial charge is 0.345 e. The second kappa shape index (κ2) is 15.2. The van der Waals surface area contributed by atoms with Crippen molar-refractivity contribution in [3.8, 4) is 17.2 Å². The van der Waals surface area contributed by atoms with Crippen LogP contribution in [0.4, 0.5) is 0 Å². The first-order chi connectivity index (χ1) is 20.5. The molecule has 0 radical (unpaired) electrons. The summed E-state index contributed by atoms with van der Waals surface area (Å²) in [5, 5.41) is 0. The average Bonchev–Trinajstić information content (AvgIpc) is 2.89. The summed E-state index contributed by atoms with van der Waals surface area (Å²) in [7, 11) is -4.51. The number of hydrogen-bond acceptors (Lipinski definition) is 8. The summed E-state index contributed by atoms with van der Waals surface area (Å²) in [6.07, 6.45) is 0. The van der Waals surface area contributed by atoms with E-state index < -0.39 is 28.0 Å². The van der Waals surface area contributed by atoms with Gasteiger partial charge in [0.05, 0.1) is 16.7 Å². The van der Waals surface area contributed by atoms with Crippen LogP contribution in [0.15, 0.2) is 65.6 Å². The van der Waals surface area contributed by atoms with Gasteiger partial charge in [0.1, 0.15) is 22.1 Å². The van der Waals surface area contributed by atoms with Crippen LogP contribution in [0, 0.1) is 28.3 Å². The summed E-state index contributed by atoms with van der Waals surface area (Å²) in [6, 6.07) is 15.5. The molecule has 1 N–H and O–H groups in total. The molecule has 0 aliphatic heterocycles. The minimum absolute atomic E-state index is 0.00394. The topological polar surface area (TPSA) is 133 Å². The lowest BCUT2D eigenvalue weighted by Gasteiger charge is -2.16. The van der Waals surface area contributed by atoms with E-state index in [4.69, 9.17) is 14.2 Å². The van der Waals surface area contributed by atoms with Gasteiger partial charge in [-0.1, -0.05) is 0 Å². The molecule has 4 aromatic carbocycles. The fourth-order valence-corrected chi connectivity index (χ4v) is 12.0. The molecule has 0 aliphatic carbocycles. The zero-order valence-corrected chi connectivity index (χ0v) is 35.4. The largest absolute Gasteiger partial charge is 0.423 e. The fourth-order valence-electron chi connectivity index (χ4n) is 3.63. The van der Waals surface area contributed by atoms with Crippen molar-refractivity contribution >= 4 is 164 Å². The van der Waals surface area contributed by atoms with Crippen LogP contribution >= 0.6 is 136 Å². The van der Waals surface area contributed by atoms with Crippen molar-refractivity contribution in [2.45, 2.75) is 11.8 Å². The van der Waals surface area contributed by atoms with Crippen LogP contribution in [0.3, 0.4) is 0 Å². The Hall–Kier alpha value is -0.420. The summed E-state index contributed by atoms with van der Waals surface area (Å²) in [4.78, 5) is 39.4. The third-order valence-electron chi connectivity index (χ3n) is 5.68. The zero-order chi connectivity index (χ0) is 32.5. The van der Waals surface area contributed by atoms with E-state index in [1.807, 2.05) is 57.3 Å². The number of carbonyl (C=O) groups excluding carboxylic acids is 3. The number of esters is 3. The van der Waals surface area contributed by atoms with Gasteiger partial charge in [0.15, 0.2) is 0 Å². The molecule has 4 aromatic rings. The van der Waals surface area contributed by atoms with Gasteiger partial charge in [-0.05, 0) is 203 Å². The molecule has 0 spiro atoms. The van der Waals surface area contributed by atoms with E-state index in [-0.39, 0.29) is 46.0 Å². The molecule has 228 valence electrons. The van der Waals surface area contributed by atoms with Gasteiger partial charge < -0.3 is 14.2 Å². The molecule has 0 atom stereocenters. The standard InChI is InChI=1S/C28H14I6O9S/c1-12-22(42-26(35)13-2-4-15(29)5-3-13)6-14(7-23(12)43-28(37)24-18(31)8-16(30)9-19(24)32)27(36)41-17-10-20(33)25(21(34)11-17)44(38,39)40/h2-11H,1H3,(H,38,39,40). The number of hydrogen-bond donors (Lipinski definition) is 1. The first-order valence-electron chi connectivity index (χ1n) is 11.7. The molecule has 0 aliphatic rings. The minimum Gasteiger partial charge on any atom is -0.423 e. The third-order valence-corrected chi connectivity index (χ3v) is 12.1. The number of carbonyl (C=O) groups is 3. The molecule has 0 heterocycles. The highest BCUT2D eigenvalue weighted by Crippen LogP contribution is 2.34. The molecule has 0 bridgehead atoms. The quantitative estimate of drug-likeness (QED) is 0.0837. The van der Waals surface area contributed by atoms with Crippen molar-refractivity contribution in [1.29, 1.82) is 0 Å². The predicted molar refractivity (Wildman–Crippen MR) is 211 cm³/mol. The Kier molecular flexibility index (Phi) is 12.6. The molecule has 4 rings (SSSR count). The molecule has 44 heavy (non-hydrogen) atoms. The predicted octanol–water partition coefficient (Wildman–Crippen LogP) is 8.53. The maximum atomic E-state index is 13.3. The highest BCUT2D eigenvalue weighted by Gasteiger charge is 2.25. The Morgan fingerprint density at radius 2 is 1.09 bits per heavy atom. The second-order valence-corrected chi connectivity index (χ2v) is 17.2. The molecular weight excluding hydrogens is 1270 g/mol. The minimum atomic E-state index is -4.51. The first kappa shape index (κ1) is 36.4. The van der Waals surface area contributed by atoms with Gasteiger partial charge in [0, 0.05) is 27.0 Å². The lowest BCUT2D eigenvalue weighted by atomic mass is 10.1. The van der Waals surface area contributed by atoms with Crippen molar-refractivity contribution in [3.63, 3.8) is 0 Å². The van der Waals surface area contributed by atoms with Gasteiger partial charge >= 0.3 is 17.9 Å². The highest BCUT2D eigenvalue weighted by atomic mass is 127. The van der Waals surface area contributed by atoms with Crippen molar-refractivity contribution in [2.75, 3.05) is 0 Å². The molecular formula is C28H14I6O9S. The Morgan fingerprint density at radius 1 is 0.614 bits per heavy atom. The van der Waals surface area contributed by atoms with Crippen LogP contribution < -0.4 is 14.2 Å². The first-order valence-corrected chi connectivity index (χ1v) is 19.6. The van der Waals surface area contributed by atoms with Crippen molar-refractivity contribution < 1.29 is 41.6 Å². The summed E-state index contributed by atoms with van der Waals surface area (Å²) in [5.41, 5.74) is 0.771. The van der Waals surface area contributed by atoms with Gasteiger partial charge in [-0.3, -0.25) is 4.55 Å². The SMILES string of the molecule is Cc1c(OC(=O)c2ccc(I)cc2)cc(C(=O)Oc2cc(I)c(S(=O)(=O)O)c(I)c2)cc1OC(=O)c1c(I)cc(I)cc1I. The Balaban J connectivity index is 1.74. The molecule has 0 saturated carbocycles.